The van der Waals surface area contributed by atoms with Gasteiger partial charge >= 0.3 is 0 Å². The zero-order valence-corrected chi connectivity index (χ0v) is 10.3. The van der Waals surface area contributed by atoms with Crippen molar-refractivity contribution >= 4 is 34.8 Å². The SMILES string of the molecule is Oc1cc(Cl)cc(-c2cc(Cl)cc(Cl)c2)c1. The minimum absolute atomic E-state index is 0.110. The maximum atomic E-state index is 9.44. The number of phenols is 1. The Balaban J connectivity index is 2.57. The lowest BCUT2D eigenvalue weighted by molar-refractivity contribution is 0.475. The molecule has 0 amide bonds. The maximum Gasteiger partial charge on any atom is 0.117 e. The third-order valence-corrected chi connectivity index (χ3v) is 2.73. The molecule has 0 unspecified atom stereocenters. The highest BCUT2D eigenvalue weighted by Gasteiger charge is 2.04. The van der Waals surface area contributed by atoms with E-state index in [0.29, 0.717) is 15.1 Å². The monoisotopic (exact) mass is 272 g/mol. The molecule has 0 aliphatic carbocycles. The Morgan fingerprint density at radius 3 is 1.56 bits per heavy atom. The lowest BCUT2D eigenvalue weighted by Gasteiger charge is -2.05. The Morgan fingerprint density at radius 1 is 0.625 bits per heavy atom. The minimum atomic E-state index is 0.110. The summed E-state index contributed by atoms with van der Waals surface area (Å²) in [5.41, 5.74) is 1.59. The molecule has 0 aromatic heterocycles. The van der Waals surface area contributed by atoms with Crippen molar-refractivity contribution in [2.24, 2.45) is 0 Å². The highest BCUT2D eigenvalue weighted by atomic mass is 35.5. The summed E-state index contributed by atoms with van der Waals surface area (Å²) >= 11 is 17.7. The third kappa shape index (κ3) is 2.62. The van der Waals surface area contributed by atoms with Gasteiger partial charge in [-0.15, -0.1) is 0 Å². The Hall–Kier alpha value is -0.890. The average Bonchev–Trinajstić information content (AvgIpc) is 2.14. The normalized spacial score (nSPS) is 10.4. The van der Waals surface area contributed by atoms with Gasteiger partial charge in [0.05, 0.1) is 0 Å². The van der Waals surface area contributed by atoms with Gasteiger partial charge in [0.15, 0.2) is 0 Å². The predicted octanol–water partition coefficient (Wildman–Crippen LogP) is 5.02. The standard InChI is InChI=1S/C12H7Cl3O/c13-9-1-7(2-10(14)5-9)8-3-11(15)6-12(16)4-8/h1-6,16H. The maximum absolute atomic E-state index is 9.44. The lowest BCUT2D eigenvalue weighted by Crippen LogP contribution is -1.79. The Bertz CT molecular complexity index is 448. The Morgan fingerprint density at radius 2 is 1.06 bits per heavy atom. The van der Waals surface area contributed by atoms with Crippen LogP contribution in [0.25, 0.3) is 11.1 Å². The molecular weight excluding hydrogens is 266 g/mol. The van der Waals surface area contributed by atoms with E-state index >= 15 is 0 Å². The first-order chi connectivity index (χ1) is 7.54. The fraction of sp³-hybridized carbons (Fsp3) is 0. The van der Waals surface area contributed by atoms with E-state index in [9.17, 15) is 5.11 Å². The zero-order valence-electron chi connectivity index (χ0n) is 8.05. The molecule has 0 spiro atoms. The van der Waals surface area contributed by atoms with Crippen molar-refractivity contribution in [3.05, 3.63) is 51.5 Å². The first-order valence-electron chi connectivity index (χ1n) is 4.50. The molecule has 16 heavy (non-hydrogen) atoms. The summed E-state index contributed by atoms with van der Waals surface area (Å²) in [6, 6.07) is 9.99. The van der Waals surface area contributed by atoms with Gasteiger partial charge in [-0.2, -0.15) is 0 Å². The van der Waals surface area contributed by atoms with Crippen LogP contribution in [0, 0.1) is 0 Å². The van der Waals surface area contributed by atoms with Gasteiger partial charge in [-0.05, 0) is 47.5 Å². The van der Waals surface area contributed by atoms with Gasteiger partial charge in [0.1, 0.15) is 5.75 Å². The second-order valence-electron chi connectivity index (χ2n) is 3.36. The number of halogens is 3. The quantitative estimate of drug-likeness (QED) is 0.773. The number of aromatic hydroxyl groups is 1. The van der Waals surface area contributed by atoms with Crippen molar-refractivity contribution in [1.29, 1.82) is 0 Å². The van der Waals surface area contributed by atoms with Crippen LogP contribution in [0.1, 0.15) is 0 Å². The van der Waals surface area contributed by atoms with Gasteiger partial charge < -0.3 is 5.11 Å². The Kier molecular flexibility index (Phi) is 3.29. The number of phenolic OH excluding ortho intramolecular Hbond substituents is 1. The van der Waals surface area contributed by atoms with E-state index in [1.165, 1.54) is 6.07 Å². The van der Waals surface area contributed by atoms with Crippen LogP contribution in [0.2, 0.25) is 15.1 Å². The van der Waals surface area contributed by atoms with Crippen LogP contribution < -0.4 is 0 Å². The molecule has 0 saturated heterocycles. The largest absolute Gasteiger partial charge is 0.508 e. The number of hydrogen-bond donors (Lipinski definition) is 1. The van der Waals surface area contributed by atoms with Crippen molar-refractivity contribution < 1.29 is 5.11 Å². The van der Waals surface area contributed by atoms with E-state index in [1.807, 2.05) is 0 Å². The van der Waals surface area contributed by atoms with Crippen molar-refractivity contribution in [2.45, 2.75) is 0 Å². The molecule has 2 rings (SSSR count). The summed E-state index contributed by atoms with van der Waals surface area (Å²) in [5.74, 6) is 0.110. The molecule has 0 saturated carbocycles. The van der Waals surface area contributed by atoms with Gasteiger partial charge in [-0.25, -0.2) is 0 Å². The number of rotatable bonds is 1. The second kappa shape index (κ2) is 4.54. The van der Waals surface area contributed by atoms with Crippen molar-refractivity contribution in [1.82, 2.24) is 0 Å². The highest BCUT2D eigenvalue weighted by Crippen LogP contribution is 2.31. The van der Waals surface area contributed by atoms with E-state index < -0.39 is 0 Å². The van der Waals surface area contributed by atoms with Crippen LogP contribution in [0.15, 0.2) is 36.4 Å². The van der Waals surface area contributed by atoms with Gasteiger partial charge in [0, 0.05) is 15.1 Å². The van der Waals surface area contributed by atoms with Crippen LogP contribution in [-0.4, -0.2) is 5.11 Å². The van der Waals surface area contributed by atoms with E-state index in [-0.39, 0.29) is 5.75 Å². The number of hydrogen-bond acceptors (Lipinski definition) is 1. The van der Waals surface area contributed by atoms with E-state index in [2.05, 4.69) is 0 Å². The van der Waals surface area contributed by atoms with Gasteiger partial charge in [-0.1, -0.05) is 34.8 Å². The molecule has 82 valence electrons. The van der Waals surface area contributed by atoms with Crippen LogP contribution in [0.4, 0.5) is 0 Å². The molecule has 0 heterocycles. The fourth-order valence-electron chi connectivity index (χ4n) is 1.46. The van der Waals surface area contributed by atoms with Gasteiger partial charge in [0.2, 0.25) is 0 Å². The lowest BCUT2D eigenvalue weighted by atomic mass is 10.1. The van der Waals surface area contributed by atoms with Crippen LogP contribution in [-0.2, 0) is 0 Å². The zero-order chi connectivity index (χ0) is 11.7. The van der Waals surface area contributed by atoms with E-state index in [0.717, 1.165) is 11.1 Å². The van der Waals surface area contributed by atoms with Crippen LogP contribution in [0.5, 0.6) is 5.75 Å². The molecule has 0 aliphatic rings. The van der Waals surface area contributed by atoms with Crippen LogP contribution >= 0.6 is 34.8 Å². The molecule has 2 aromatic rings. The van der Waals surface area contributed by atoms with E-state index in [4.69, 9.17) is 34.8 Å². The molecule has 1 nitrogen and oxygen atoms in total. The fourth-order valence-corrected chi connectivity index (χ4v) is 2.22. The molecule has 1 N–H and O–H groups in total. The summed E-state index contributed by atoms with van der Waals surface area (Å²) in [6.07, 6.45) is 0. The Labute approximate surface area is 108 Å². The molecule has 0 radical (unpaired) electrons. The first kappa shape index (κ1) is 11.6. The molecule has 2 aromatic carbocycles. The summed E-state index contributed by atoms with van der Waals surface area (Å²) in [7, 11) is 0. The summed E-state index contributed by atoms with van der Waals surface area (Å²) in [4.78, 5) is 0. The van der Waals surface area contributed by atoms with E-state index in [1.54, 1.807) is 30.3 Å². The van der Waals surface area contributed by atoms with Crippen molar-refractivity contribution in [3.8, 4) is 16.9 Å². The molecule has 0 fully saturated rings. The molecular formula is C12H7Cl3O. The van der Waals surface area contributed by atoms with Gasteiger partial charge in [0.25, 0.3) is 0 Å². The molecule has 0 bridgehead atoms. The topological polar surface area (TPSA) is 20.2 Å². The average molecular weight is 274 g/mol. The van der Waals surface area contributed by atoms with Crippen LogP contribution in [0.3, 0.4) is 0 Å². The van der Waals surface area contributed by atoms with Crippen molar-refractivity contribution in [3.63, 3.8) is 0 Å². The number of benzene rings is 2. The first-order valence-corrected chi connectivity index (χ1v) is 5.64. The predicted molar refractivity (Wildman–Crippen MR) is 68.6 cm³/mol. The molecule has 0 atom stereocenters. The summed E-state index contributed by atoms with van der Waals surface area (Å²) < 4.78 is 0. The molecule has 0 aliphatic heterocycles. The second-order valence-corrected chi connectivity index (χ2v) is 4.67. The highest BCUT2D eigenvalue weighted by molar-refractivity contribution is 6.35. The smallest absolute Gasteiger partial charge is 0.117 e. The minimum Gasteiger partial charge on any atom is -0.508 e. The van der Waals surface area contributed by atoms with Gasteiger partial charge in [-0.3, -0.25) is 0 Å². The summed E-state index contributed by atoms with van der Waals surface area (Å²) in [6.45, 7) is 0. The molecule has 4 heteroatoms. The summed E-state index contributed by atoms with van der Waals surface area (Å²) in [5, 5.41) is 11.0. The third-order valence-electron chi connectivity index (χ3n) is 2.08. The van der Waals surface area contributed by atoms with Crippen molar-refractivity contribution in [2.75, 3.05) is 0 Å².